The number of hydrogen-bond acceptors (Lipinski definition) is 6. The van der Waals surface area contributed by atoms with E-state index in [-0.39, 0.29) is 45.5 Å². The van der Waals surface area contributed by atoms with Crippen LogP contribution in [0.4, 0.5) is 5.82 Å². The second-order valence-electron chi connectivity index (χ2n) is 10.1. The summed E-state index contributed by atoms with van der Waals surface area (Å²) in [5, 5.41) is 12.1. The van der Waals surface area contributed by atoms with Gasteiger partial charge in [-0.25, -0.2) is 9.50 Å². The van der Waals surface area contributed by atoms with Crippen LogP contribution in [0.5, 0.6) is 0 Å². The molecule has 0 aliphatic carbocycles. The second kappa shape index (κ2) is 12.6. The average Bonchev–Trinajstić information content (AvgIpc) is 3.60. The highest BCUT2D eigenvalue weighted by Crippen LogP contribution is 2.23. The van der Waals surface area contributed by atoms with Crippen molar-refractivity contribution in [3.05, 3.63) is 110 Å². The van der Waals surface area contributed by atoms with Crippen LogP contribution in [0.1, 0.15) is 40.3 Å². The van der Waals surface area contributed by atoms with E-state index in [1.165, 1.54) is 15.3 Å². The molecule has 0 spiro atoms. The lowest BCUT2D eigenvalue weighted by Crippen LogP contribution is -2.33. The summed E-state index contributed by atoms with van der Waals surface area (Å²) in [5.41, 5.74) is 7.31. The van der Waals surface area contributed by atoms with Crippen LogP contribution in [0.15, 0.2) is 81.7 Å². The number of aromatic nitrogens is 6. The largest absolute Gasteiger partial charge is 0.381 e. The minimum atomic E-state index is -0.741. The molecule has 1 atom stereocenters. The van der Waals surface area contributed by atoms with E-state index < -0.39 is 17.5 Å². The molecule has 1 aromatic carbocycles. The molecule has 3 N–H and O–H groups in total. The Labute approximate surface area is 264 Å². The topological polar surface area (TPSA) is 125 Å². The average molecular weight is 582 g/mol. The Balaban J connectivity index is 1.66. The summed E-state index contributed by atoms with van der Waals surface area (Å²) in [5.74, 6) is 7.81. The first-order valence-electron chi connectivity index (χ1n) is 13.5. The Morgan fingerprint density at radius 3 is 2.60 bits per heavy atom. The second-order valence-corrected chi connectivity index (χ2v) is 10.1. The number of carbonyl (C=O) groups excluding carboxylic acids is 1. The first-order chi connectivity index (χ1) is 21.5. The Hall–Kier alpha value is -5.61. The minimum Gasteiger partial charge on any atom is -0.381 e. The Morgan fingerprint density at radius 2 is 1.89 bits per heavy atom. The first kappa shape index (κ1) is 30.8. The maximum atomic E-state index is 14.3. The highest BCUT2D eigenvalue weighted by Gasteiger charge is 2.23. The van der Waals surface area contributed by atoms with Crippen LogP contribution < -0.4 is 16.6 Å². The van der Waals surface area contributed by atoms with Gasteiger partial charge in [-0.15, -0.1) is 27.9 Å². The summed E-state index contributed by atoms with van der Waals surface area (Å²) in [4.78, 5) is 32.0. The van der Waals surface area contributed by atoms with Crippen LogP contribution in [0.3, 0.4) is 0 Å². The van der Waals surface area contributed by atoms with E-state index in [9.17, 15) is 9.59 Å². The van der Waals surface area contributed by atoms with Crippen LogP contribution in [-0.2, 0) is 13.6 Å². The van der Waals surface area contributed by atoms with Crippen LogP contribution in [-0.4, -0.2) is 66.2 Å². The number of terminal acetylenes is 1. The van der Waals surface area contributed by atoms with Crippen molar-refractivity contribution in [2.45, 2.75) is 19.5 Å². The van der Waals surface area contributed by atoms with Gasteiger partial charge in [0.15, 0.2) is 11.5 Å². The Morgan fingerprint density at radius 1 is 1.11 bits per heavy atom. The predicted molar refractivity (Wildman–Crippen MR) is 177 cm³/mol. The van der Waals surface area contributed by atoms with Gasteiger partial charge < -0.3 is 15.6 Å². The molecule has 0 aliphatic rings. The summed E-state index contributed by atoms with van der Waals surface area (Å²) in [7, 11) is 26.1. The van der Waals surface area contributed by atoms with Gasteiger partial charge in [0, 0.05) is 37.2 Å². The van der Waals surface area contributed by atoms with Crippen LogP contribution >= 0.6 is 0 Å². The van der Waals surface area contributed by atoms with Gasteiger partial charge in [0.1, 0.15) is 42.6 Å². The zero-order valence-corrected chi connectivity index (χ0v) is 24.4. The summed E-state index contributed by atoms with van der Waals surface area (Å²) in [6, 6.07) is 9.77. The van der Waals surface area contributed by atoms with E-state index in [2.05, 4.69) is 38.3 Å². The monoisotopic (exact) mass is 582 g/mol. The molecule has 0 unspecified atom stereocenters. The van der Waals surface area contributed by atoms with Gasteiger partial charge in [0.05, 0.1) is 17.6 Å². The molecule has 14 heteroatoms. The number of rotatable bonds is 6. The van der Waals surface area contributed by atoms with Gasteiger partial charge in [-0.1, -0.05) is 29.4 Å². The first-order valence-corrected chi connectivity index (χ1v) is 13.5. The number of pyridine rings is 1. The normalized spacial score (nSPS) is 12.9. The third kappa shape index (κ3) is 5.96. The number of anilines is 1. The summed E-state index contributed by atoms with van der Waals surface area (Å²) < 4.78 is 4.42. The number of nitrogens with zero attached hydrogens (tertiary/aromatic N) is 6. The van der Waals surface area contributed by atoms with Gasteiger partial charge >= 0.3 is 0 Å². The highest BCUT2D eigenvalue weighted by atomic mass is 16.2. The number of aryl methyl sites for hydroxylation is 1. The van der Waals surface area contributed by atoms with Crippen molar-refractivity contribution in [1.29, 1.82) is 0 Å². The van der Waals surface area contributed by atoms with Crippen molar-refractivity contribution in [2.75, 3.05) is 5.73 Å². The van der Waals surface area contributed by atoms with Crippen molar-refractivity contribution >= 4 is 59.5 Å². The van der Waals surface area contributed by atoms with Crippen molar-refractivity contribution in [1.82, 2.24) is 34.3 Å². The molecule has 0 aliphatic heterocycles. The zero-order valence-electron chi connectivity index (χ0n) is 24.4. The number of allylic oxidation sites excluding steroid dienone is 4. The lowest BCUT2D eigenvalue weighted by molar-refractivity contribution is 0.0940. The number of amides is 1. The van der Waals surface area contributed by atoms with Crippen molar-refractivity contribution in [3.8, 4) is 24.2 Å². The van der Waals surface area contributed by atoms with E-state index in [4.69, 9.17) is 43.5 Å². The summed E-state index contributed by atoms with van der Waals surface area (Å²) >= 11 is 0. The van der Waals surface area contributed by atoms with Crippen LogP contribution in [0.2, 0.25) is 0 Å². The lowest BCUT2D eigenvalue weighted by Gasteiger charge is -2.23. The molecule has 8 radical (unpaired) electrons. The smallest absolute Gasteiger partial charge is 0.260 e. The SMILES string of the molecule is [B]/C(C#C)=C([B])/C([B])=C(/[B])Cn1c([C@@H](C)NC(=O)c2c(N)nn3cccnc23)cc2cccc(C#Cc3ccnn3C)c2c1=O. The fraction of sp³-hybridized carbons (Fsp3) is 0.129. The molecule has 5 aromatic rings. The number of nitrogen functional groups attached to an aromatic ring is 1. The van der Waals surface area contributed by atoms with Crippen LogP contribution in [0, 0.1) is 24.2 Å². The van der Waals surface area contributed by atoms with Crippen molar-refractivity contribution in [3.63, 3.8) is 0 Å². The van der Waals surface area contributed by atoms with Crippen molar-refractivity contribution < 1.29 is 4.79 Å². The molecular formula is C31H22B4N8O2. The van der Waals surface area contributed by atoms with E-state index in [0.717, 1.165) is 0 Å². The van der Waals surface area contributed by atoms with Gasteiger partial charge in [-0.05, 0) is 42.5 Å². The number of benzene rings is 1. The lowest BCUT2D eigenvalue weighted by atomic mass is 9.66. The van der Waals surface area contributed by atoms with E-state index in [1.807, 2.05) is 0 Å². The fourth-order valence-corrected chi connectivity index (χ4v) is 4.79. The molecule has 210 valence electrons. The number of hydrogen-bond donors (Lipinski definition) is 2. The molecule has 4 heterocycles. The van der Waals surface area contributed by atoms with E-state index in [0.29, 0.717) is 27.7 Å². The molecule has 0 saturated carbocycles. The maximum absolute atomic E-state index is 14.3. The molecule has 4 aromatic heterocycles. The molecule has 0 bridgehead atoms. The minimum absolute atomic E-state index is 0.000689. The molecule has 5 rings (SSSR count). The highest BCUT2D eigenvalue weighted by molar-refractivity contribution is 6.44. The number of carbonyl (C=O) groups is 1. The summed E-state index contributed by atoms with van der Waals surface area (Å²) in [6.45, 7) is 1.50. The van der Waals surface area contributed by atoms with Crippen LogP contribution in [0.25, 0.3) is 16.4 Å². The third-order valence-corrected chi connectivity index (χ3v) is 7.17. The summed E-state index contributed by atoms with van der Waals surface area (Å²) in [6.07, 6.45) is 10.2. The fourth-order valence-electron chi connectivity index (χ4n) is 4.79. The Bertz CT molecular complexity index is 2230. The third-order valence-electron chi connectivity index (χ3n) is 7.17. The molecule has 10 nitrogen and oxygen atoms in total. The quantitative estimate of drug-likeness (QED) is 0.175. The standard InChI is InChI=1S/C31H22B4N8O2/c1-4-21(32)26(34)27(35)22(33)16-42-23(17(2)39-30(44)25-28(36)40-43-14-6-12-37-29(25)43)15-19-8-5-7-18(24(19)31(42)45)9-10-20-11-13-38-41(20)3/h1,5-8,11-15,17H,16H2,2-3H3,(H2,36,40)(H,39,44)/b26-21-,27-22-/t17-/m1/s1. The molecule has 0 fully saturated rings. The maximum Gasteiger partial charge on any atom is 0.260 e. The van der Waals surface area contributed by atoms with Crippen molar-refractivity contribution in [2.24, 2.45) is 7.05 Å². The van der Waals surface area contributed by atoms with Gasteiger partial charge in [-0.3, -0.25) is 14.3 Å². The predicted octanol–water partition coefficient (Wildman–Crippen LogP) is 0.981. The van der Waals surface area contributed by atoms with Gasteiger partial charge in [0.2, 0.25) is 0 Å². The number of fused-ring (bicyclic) bond motifs is 2. The number of nitrogens with two attached hydrogens (primary N) is 1. The number of nitrogens with one attached hydrogen (secondary N) is 1. The van der Waals surface area contributed by atoms with Gasteiger partial charge in [0.25, 0.3) is 11.5 Å². The molecule has 0 saturated heterocycles. The molecular weight excluding hydrogens is 560 g/mol. The zero-order chi connectivity index (χ0) is 32.4. The van der Waals surface area contributed by atoms with E-state index in [1.54, 1.807) is 67.4 Å². The Kier molecular flexibility index (Phi) is 8.60. The van der Waals surface area contributed by atoms with E-state index >= 15 is 0 Å². The molecule has 45 heavy (non-hydrogen) atoms. The van der Waals surface area contributed by atoms with Gasteiger partial charge in [-0.2, -0.15) is 5.10 Å². The molecule has 1 amide bonds.